The fraction of sp³-hybridized carbons (Fsp3) is 0.400. The summed E-state index contributed by atoms with van der Waals surface area (Å²) in [5, 5.41) is 4.04. The molecule has 0 aliphatic rings. The molecular weight excluding hydrogens is 274 g/mol. The van der Waals surface area contributed by atoms with Crippen LogP contribution >= 0.6 is 11.6 Å². The topological polar surface area (TPSA) is 39.1 Å². The zero-order valence-corrected chi connectivity index (χ0v) is 12.7. The van der Waals surface area contributed by atoms with Gasteiger partial charge in [0.15, 0.2) is 0 Å². The van der Waals surface area contributed by atoms with E-state index in [9.17, 15) is 0 Å². The van der Waals surface area contributed by atoms with Gasteiger partial charge in [-0.05, 0) is 38.0 Å². The standard InChI is InChI=1S/C15H20ClN3O/c1-3-20-10-4-8-19-9-7-17-15(19)18-14-11-13(16)6-5-12(14)2/h5-7,9,11H,3-4,8,10H2,1-2H3,(H,17,18). The van der Waals surface area contributed by atoms with E-state index in [1.807, 2.05) is 38.2 Å². The van der Waals surface area contributed by atoms with Gasteiger partial charge in [-0.3, -0.25) is 0 Å². The highest BCUT2D eigenvalue weighted by Crippen LogP contribution is 2.23. The number of aromatic nitrogens is 2. The highest BCUT2D eigenvalue weighted by Gasteiger charge is 2.05. The van der Waals surface area contributed by atoms with Crippen molar-refractivity contribution in [3.63, 3.8) is 0 Å². The average molecular weight is 294 g/mol. The van der Waals surface area contributed by atoms with Crippen LogP contribution in [-0.4, -0.2) is 22.8 Å². The quantitative estimate of drug-likeness (QED) is 0.784. The lowest BCUT2D eigenvalue weighted by Gasteiger charge is -2.12. The first-order valence-corrected chi connectivity index (χ1v) is 7.20. The number of nitrogens with one attached hydrogen (secondary N) is 1. The Kier molecular flexibility index (Phi) is 5.44. The van der Waals surface area contributed by atoms with Crippen LogP contribution in [0.25, 0.3) is 0 Å². The molecule has 1 heterocycles. The summed E-state index contributed by atoms with van der Waals surface area (Å²) in [5.74, 6) is 0.826. The molecule has 0 aliphatic heterocycles. The summed E-state index contributed by atoms with van der Waals surface area (Å²) in [6.45, 7) is 6.45. The molecule has 0 spiro atoms. The number of benzene rings is 1. The van der Waals surface area contributed by atoms with Crippen LogP contribution < -0.4 is 5.32 Å². The van der Waals surface area contributed by atoms with Crippen molar-refractivity contribution in [1.82, 2.24) is 9.55 Å². The minimum Gasteiger partial charge on any atom is -0.382 e. The predicted octanol–water partition coefficient (Wildman–Crippen LogP) is 4.02. The Hall–Kier alpha value is -1.52. The Morgan fingerprint density at radius 2 is 2.25 bits per heavy atom. The van der Waals surface area contributed by atoms with Gasteiger partial charge in [-0.1, -0.05) is 17.7 Å². The van der Waals surface area contributed by atoms with E-state index in [0.717, 1.165) is 43.4 Å². The third kappa shape index (κ3) is 3.99. The number of hydrogen-bond donors (Lipinski definition) is 1. The van der Waals surface area contributed by atoms with Crippen molar-refractivity contribution in [3.05, 3.63) is 41.2 Å². The van der Waals surface area contributed by atoms with Gasteiger partial charge >= 0.3 is 0 Å². The van der Waals surface area contributed by atoms with Gasteiger partial charge in [0, 0.05) is 42.9 Å². The van der Waals surface area contributed by atoms with Crippen LogP contribution in [0.1, 0.15) is 18.9 Å². The molecule has 5 heteroatoms. The zero-order chi connectivity index (χ0) is 14.4. The number of imidazole rings is 1. The van der Waals surface area contributed by atoms with Crippen LogP contribution in [0.4, 0.5) is 11.6 Å². The minimum atomic E-state index is 0.715. The number of rotatable bonds is 7. The maximum atomic E-state index is 6.03. The third-order valence-electron chi connectivity index (χ3n) is 3.05. The molecule has 0 radical (unpaired) electrons. The maximum absolute atomic E-state index is 6.03. The van der Waals surface area contributed by atoms with E-state index in [-0.39, 0.29) is 0 Å². The summed E-state index contributed by atoms with van der Waals surface area (Å²) in [5.41, 5.74) is 2.12. The van der Waals surface area contributed by atoms with Crippen molar-refractivity contribution in [2.75, 3.05) is 18.5 Å². The number of aryl methyl sites for hydroxylation is 2. The SMILES string of the molecule is CCOCCCn1ccnc1Nc1cc(Cl)ccc1C. The molecule has 1 aromatic carbocycles. The van der Waals surface area contributed by atoms with Crippen molar-refractivity contribution in [2.24, 2.45) is 0 Å². The van der Waals surface area contributed by atoms with Crippen molar-refractivity contribution in [3.8, 4) is 0 Å². The van der Waals surface area contributed by atoms with E-state index in [1.54, 1.807) is 6.20 Å². The molecule has 0 bridgehead atoms. The molecule has 2 aromatic rings. The van der Waals surface area contributed by atoms with E-state index >= 15 is 0 Å². The molecule has 0 amide bonds. The van der Waals surface area contributed by atoms with Crippen molar-refractivity contribution >= 4 is 23.2 Å². The Balaban J connectivity index is 2.02. The second-order valence-electron chi connectivity index (χ2n) is 4.58. The third-order valence-corrected chi connectivity index (χ3v) is 3.29. The lowest BCUT2D eigenvalue weighted by Crippen LogP contribution is -2.06. The average Bonchev–Trinajstić information content (AvgIpc) is 2.86. The summed E-state index contributed by atoms with van der Waals surface area (Å²) in [7, 11) is 0. The molecule has 0 atom stereocenters. The van der Waals surface area contributed by atoms with Gasteiger partial charge in [0.2, 0.25) is 5.95 Å². The van der Waals surface area contributed by atoms with Gasteiger partial charge in [0.1, 0.15) is 0 Å². The molecule has 0 unspecified atom stereocenters. The zero-order valence-electron chi connectivity index (χ0n) is 11.9. The molecule has 1 aromatic heterocycles. The monoisotopic (exact) mass is 293 g/mol. The predicted molar refractivity (Wildman–Crippen MR) is 82.8 cm³/mol. The molecule has 0 saturated carbocycles. The Morgan fingerprint density at radius 1 is 1.40 bits per heavy atom. The van der Waals surface area contributed by atoms with Crippen LogP contribution in [0.5, 0.6) is 0 Å². The van der Waals surface area contributed by atoms with Gasteiger partial charge in [0.05, 0.1) is 0 Å². The fourth-order valence-corrected chi connectivity index (χ4v) is 2.12. The molecular formula is C15H20ClN3O. The smallest absolute Gasteiger partial charge is 0.207 e. The Morgan fingerprint density at radius 3 is 3.05 bits per heavy atom. The van der Waals surface area contributed by atoms with Crippen molar-refractivity contribution < 1.29 is 4.74 Å². The van der Waals surface area contributed by atoms with Gasteiger partial charge in [-0.15, -0.1) is 0 Å². The number of halogens is 1. The second-order valence-corrected chi connectivity index (χ2v) is 5.02. The first-order valence-electron chi connectivity index (χ1n) is 6.82. The van der Waals surface area contributed by atoms with Crippen LogP contribution in [0.3, 0.4) is 0 Å². The van der Waals surface area contributed by atoms with Crippen LogP contribution in [0.15, 0.2) is 30.6 Å². The summed E-state index contributed by atoms with van der Waals surface area (Å²) >= 11 is 6.03. The highest BCUT2D eigenvalue weighted by molar-refractivity contribution is 6.30. The lowest BCUT2D eigenvalue weighted by atomic mass is 10.2. The van der Waals surface area contributed by atoms with Gasteiger partial charge in [-0.2, -0.15) is 0 Å². The lowest BCUT2D eigenvalue weighted by molar-refractivity contribution is 0.142. The van der Waals surface area contributed by atoms with Crippen LogP contribution in [0.2, 0.25) is 5.02 Å². The Labute approximate surface area is 124 Å². The van der Waals surface area contributed by atoms with Crippen LogP contribution in [0, 0.1) is 6.92 Å². The first kappa shape index (κ1) is 14.9. The van der Waals surface area contributed by atoms with E-state index < -0.39 is 0 Å². The summed E-state index contributed by atoms with van der Waals surface area (Å²) in [6, 6.07) is 5.79. The largest absolute Gasteiger partial charge is 0.382 e. The molecule has 2 rings (SSSR count). The van der Waals surface area contributed by atoms with Gasteiger partial charge < -0.3 is 14.6 Å². The molecule has 0 saturated heterocycles. The minimum absolute atomic E-state index is 0.715. The second kappa shape index (κ2) is 7.31. The first-order chi connectivity index (χ1) is 9.70. The van der Waals surface area contributed by atoms with E-state index in [0.29, 0.717) is 5.02 Å². The molecule has 4 nitrogen and oxygen atoms in total. The molecule has 1 N–H and O–H groups in total. The van der Waals surface area contributed by atoms with Crippen molar-refractivity contribution in [2.45, 2.75) is 26.8 Å². The maximum Gasteiger partial charge on any atom is 0.207 e. The number of ether oxygens (including phenoxy) is 1. The molecule has 20 heavy (non-hydrogen) atoms. The highest BCUT2D eigenvalue weighted by atomic mass is 35.5. The van der Waals surface area contributed by atoms with Gasteiger partial charge in [0.25, 0.3) is 0 Å². The number of anilines is 2. The summed E-state index contributed by atoms with van der Waals surface area (Å²) < 4.78 is 7.44. The molecule has 0 fully saturated rings. The molecule has 0 aliphatic carbocycles. The van der Waals surface area contributed by atoms with E-state index in [2.05, 4.69) is 14.9 Å². The Bertz CT molecular complexity index is 554. The number of nitrogens with zero attached hydrogens (tertiary/aromatic N) is 2. The summed E-state index contributed by atoms with van der Waals surface area (Å²) in [4.78, 5) is 4.35. The molecule has 108 valence electrons. The van der Waals surface area contributed by atoms with Crippen LogP contribution in [-0.2, 0) is 11.3 Å². The number of hydrogen-bond acceptors (Lipinski definition) is 3. The fourth-order valence-electron chi connectivity index (χ4n) is 1.94. The summed E-state index contributed by atoms with van der Waals surface area (Å²) in [6.07, 6.45) is 4.73. The van der Waals surface area contributed by atoms with E-state index in [1.165, 1.54) is 0 Å². The normalized spacial score (nSPS) is 10.8. The van der Waals surface area contributed by atoms with E-state index in [4.69, 9.17) is 16.3 Å². The van der Waals surface area contributed by atoms with Crippen molar-refractivity contribution in [1.29, 1.82) is 0 Å². The van der Waals surface area contributed by atoms with Gasteiger partial charge in [-0.25, -0.2) is 4.98 Å².